The number of halogens is 3. The molecule has 1 saturated heterocycles. The third-order valence-electron chi connectivity index (χ3n) is 5.04. The van der Waals surface area contributed by atoms with Gasteiger partial charge in [0.05, 0.1) is 18.8 Å². The molecule has 1 aromatic carbocycles. The summed E-state index contributed by atoms with van der Waals surface area (Å²) in [7, 11) is 1.38. The van der Waals surface area contributed by atoms with Crippen LogP contribution < -0.4 is 10.6 Å². The minimum atomic E-state index is -4.57. The van der Waals surface area contributed by atoms with Crippen molar-refractivity contribution in [2.45, 2.75) is 52.4 Å². The highest BCUT2D eigenvalue weighted by Crippen LogP contribution is 2.40. The van der Waals surface area contributed by atoms with Gasteiger partial charge < -0.3 is 25.2 Å². The lowest BCUT2D eigenvalue weighted by Crippen LogP contribution is -2.38. The van der Waals surface area contributed by atoms with Gasteiger partial charge in [-0.15, -0.1) is 10.2 Å². The first-order chi connectivity index (χ1) is 16.1. The number of piperidine rings is 1. The van der Waals surface area contributed by atoms with E-state index in [4.69, 9.17) is 4.74 Å². The number of anilines is 1. The molecule has 1 fully saturated rings. The summed E-state index contributed by atoms with van der Waals surface area (Å²) in [6.07, 6.45) is -2.48. The van der Waals surface area contributed by atoms with E-state index in [1.54, 1.807) is 19.9 Å². The summed E-state index contributed by atoms with van der Waals surface area (Å²) in [5.74, 6) is -0.122. The maximum atomic E-state index is 13.1. The lowest BCUT2D eigenvalue weighted by Gasteiger charge is -2.24. The fraction of sp³-hybridized carbons (Fsp3) is 0.522. The van der Waals surface area contributed by atoms with Crippen LogP contribution in [0.1, 0.15) is 43.4 Å². The molecule has 34 heavy (non-hydrogen) atoms. The third-order valence-corrected chi connectivity index (χ3v) is 5.04. The van der Waals surface area contributed by atoms with Crippen molar-refractivity contribution in [1.82, 2.24) is 15.5 Å². The number of phenolic OH excluding ortho intramolecular Hbond substituents is 1. The number of hydrogen-bond acceptors (Lipinski definition) is 8. The number of ether oxygens (including phenoxy) is 2. The molecular formula is C23H31F3N4O4. The molecule has 3 N–H and O–H groups in total. The molecule has 11 heteroatoms. The summed E-state index contributed by atoms with van der Waals surface area (Å²) in [6.45, 7) is 7.17. The first-order valence-electron chi connectivity index (χ1n) is 10.9. The fourth-order valence-electron chi connectivity index (χ4n) is 3.58. The number of aromatic nitrogens is 2. The lowest BCUT2D eigenvalue weighted by atomic mass is 9.97. The third kappa shape index (κ3) is 7.84. The van der Waals surface area contributed by atoms with Crippen molar-refractivity contribution in [3.63, 3.8) is 0 Å². The first-order valence-corrected chi connectivity index (χ1v) is 10.9. The Morgan fingerprint density at radius 3 is 2.53 bits per heavy atom. The summed E-state index contributed by atoms with van der Waals surface area (Å²) in [5, 5.41) is 25.3. The number of esters is 1. The second kappa shape index (κ2) is 12.5. The van der Waals surface area contributed by atoms with Gasteiger partial charge in [0.15, 0.2) is 0 Å². The van der Waals surface area contributed by atoms with Crippen LogP contribution in [0.5, 0.6) is 5.75 Å². The molecule has 8 nitrogen and oxygen atoms in total. The minimum absolute atomic E-state index is 0.0956. The fourth-order valence-corrected chi connectivity index (χ4v) is 3.58. The Labute approximate surface area is 196 Å². The molecule has 0 aliphatic carbocycles. The second-order valence-corrected chi connectivity index (χ2v) is 7.83. The number of aromatic hydroxyl groups is 1. The number of carbonyl (C=O) groups is 1. The molecule has 1 aromatic heterocycles. The van der Waals surface area contributed by atoms with E-state index >= 15 is 0 Å². The van der Waals surface area contributed by atoms with E-state index in [1.165, 1.54) is 14.0 Å². The molecule has 188 valence electrons. The zero-order valence-corrected chi connectivity index (χ0v) is 19.8. The van der Waals surface area contributed by atoms with Gasteiger partial charge >= 0.3 is 12.1 Å². The van der Waals surface area contributed by atoms with Crippen molar-refractivity contribution in [3.8, 4) is 17.0 Å². The SMILES string of the molecule is CCOC(C)=O.COCc1cc(C(F)(F)F)cc(O)c1-c1nnc(NC2CCCNC2)cc1C. The number of methoxy groups -OCH3 is 1. The van der Waals surface area contributed by atoms with Crippen molar-refractivity contribution in [2.24, 2.45) is 0 Å². The van der Waals surface area contributed by atoms with Gasteiger partial charge in [-0.1, -0.05) is 0 Å². The van der Waals surface area contributed by atoms with Crippen LogP contribution >= 0.6 is 0 Å². The number of alkyl halides is 3. The van der Waals surface area contributed by atoms with Gasteiger partial charge in [-0.2, -0.15) is 13.2 Å². The van der Waals surface area contributed by atoms with E-state index in [0.29, 0.717) is 29.7 Å². The molecule has 3 rings (SSSR count). The molecule has 1 aliphatic heterocycles. The van der Waals surface area contributed by atoms with Gasteiger partial charge in [0.2, 0.25) is 0 Å². The lowest BCUT2D eigenvalue weighted by molar-refractivity contribution is -0.140. The van der Waals surface area contributed by atoms with Gasteiger partial charge in [0.1, 0.15) is 17.3 Å². The zero-order chi connectivity index (χ0) is 25.3. The zero-order valence-electron chi connectivity index (χ0n) is 19.8. The van der Waals surface area contributed by atoms with Gasteiger partial charge in [0, 0.05) is 32.2 Å². The van der Waals surface area contributed by atoms with Crippen molar-refractivity contribution in [3.05, 3.63) is 34.9 Å². The highest BCUT2D eigenvalue weighted by atomic mass is 19.4. The maximum Gasteiger partial charge on any atom is 0.416 e. The number of nitrogens with one attached hydrogen (secondary N) is 2. The van der Waals surface area contributed by atoms with Gasteiger partial charge in [0.25, 0.3) is 0 Å². The van der Waals surface area contributed by atoms with E-state index < -0.39 is 17.5 Å². The van der Waals surface area contributed by atoms with E-state index in [9.17, 15) is 23.1 Å². The van der Waals surface area contributed by atoms with Crippen molar-refractivity contribution in [1.29, 1.82) is 0 Å². The monoisotopic (exact) mass is 484 g/mol. The molecule has 0 bridgehead atoms. The van der Waals surface area contributed by atoms with Gasteiger partial charge in [-0.05, 0) is 62.6 Å². The normalized spacial score (nSPS) is 15.8. The molecule has 0 spiro atoms. The number of aryl methyl sites for hydroxylation is 1. The van der Waals surface area contributed by atoms with Crippen LogP contribution in [0, 0.1) is 6.92 Å². The molecule has 0 saturated carbocycles. The Morgan fingerprint density at radius 1 is 1.29 bits per heavy atom. The summed E-state index contributed by atoms with van der Waals surface area (Å²) in [6, 6.07) is 3.71. The molecule has 0 amide bonds. The average Bonchev–Trinajstić information content (AvgIpc) is 2.75. The summed E-state index contributed by atoms with van der Waals surface area (Å²) >= 11 is 0. The van der Waals surface area contributed by atoms with E-state index in [0.717, 1.165) is 32.0 Å². The van der Waals surface area contributed by atoms with Crippen LogP contribution in [0.25, 0.3) is 11.3 Å². The quantitative estimate of drug-likeness (QED) is 0.528. The van der Waals surface area contributed by atoms with E-state index in [2.05, 4.69) is 25.6 Å². The highest BCUT2D eigenvalue weighted by Gasteiger charge is 2.33. The van der Waals surface area contributed by atoms with Crippen LogP contribution in [-0.2, 0) is 27.1 Å². The summed E-state index contributed by atoms with van der Waals surface area (Å²) < 4.78 is 48.7. The maximum absolute atomic E-state index is 13.1. The molecule has 1 atom stereocenters. The number of phenols is 1. The van der Waals surface area contributed by atoms with Crippen LogP contribution in [0.15, 0.2) is 18.2 Å². The van der Waals surface area contributed by atoms with Gasteiger partial charge in [-0.25, -0.2) is 0 Å². The number of carbonyl (C=O) groups excluding carboxylic acids is 1. The Bertz CT molecular complexity index is 964. The van der Waals surface area contributed by atoms with Crippen molar-refractivity contribution < 1.29 is 32.5 Å². The standard InChI is InChI=1S/C19H23F3N4O2.C4H8O2/c1-11-6-16(24-14-4-3-5-23-9-14)25-26-18(11)17-12(10-28-2)7-13(8-15(17)27)19(20,21)22;1-3-6-4(2)5/h6-8,14,23,27H,3-5,9-10H2,1-2H3,(H,24,25);3H2,1-2H3. The predicted octanol–water partition coefficient (Wildman–Crippen LogP) is 4.06. The minimum Gasteiger partial charge on any atom is -0.507 e. The van der Waals surface area contributed by atoms with Crippen LogP contribution in [0.3, 0.4) is 0 Å². The van der Waals surface area contributed by atoms with Crippen molar-refractivity contribution >= 4 is 11.8 Å². The van der Waals surface area contributed by atoms with E-state index in [-0.39, 0.29) is 29.7 Å². The van der Waals surface area contributed by atoms with Crippen LogP contribution in [0.2, 0.25) is 0 Å². The number of hydrogen-bond donors (Lipinski definition) is 3. The molecular weight excluding hydrogens is 453 g/mol. The van der Waals surface area contributed by atoms with Gasteiger partial charge in [-0.3, -0.25) is 4.79 Å². The smallest absolute Gasteiger partial charge is 0.416 e. The number of rotatable bonds is 6. The van der Waals surface area contributed by atoms with Crippen LogP contribution in [0.4, 0.5) is 19.0 Å². The summed E-state index contributed by atoms with van der Waals surface area (Å²) in [4.78, 5) is 9.82. The second-order valence-electron chi connectivity index (χ2n) is 7.83. The first kappa shape index (κ1) is 27.3. The Hall–Kier alpha value is -2.92. The predicted molar refractivity (Wildman–Crippen MR) is 121 cm³/mol. The topological polar surface area (TPSA) is 106 Å². The molecule has 1 aliphatic rings. The molecule has 0 radical (unpaired) electrons. The number of nitrogens with zero attached hydrogens (tertiary/aromatic N) is 2. The Balaban J connectivity index is 0.000000604. The Kier molecular flexibility index (Phi) is 10.1. The van der Waals surface area contributed by atoms with E-state index in [1.807, 2.05) is 0 Å². The van der Waals surface area contributed by atoms with Crippen LogP contribution in [-0.4, -0.2) is 54.1 Å². The average molecular weight is 485 g/mol. The summed E-state index contributed by atoms with van der Waals surface area (Å²) in [5.41, 5.74) is 0.476. The van der Waals surface area contributed by atoms with Crippen molar-refractivity contribution in [2.75, 3.05) is 32.1 Å². The highest BCUT2D eigenvalue weighted by molar-refractivity contribution is 5.74. The molecule has 2 aromatic rings. The Morgan fingerprint density at radius 2 is 2.03 bits per heavy atom. The number of benzene rings is 1. The molecule has 2 heterocycles. The molecule has 1 unspecified atom stereocenters. The largest absolute Gasteiger partial charge is 0.507 e.